The maximum atomic E-state index is 14.1. The van der Waals surface area contributed by atoms with Gasteiger partial charge in [-0.15, -0.1) is 5.10 Å². The largest absolute Gasteiger partial charge is 0.319 e. The average molecular weight is 627 g/mol. The summed E-state index contributed by atoms with van der Waals surface area (Å²) in [6, 6.07) is 33.7. The van der Waals surface area contributed by atoms with Crippen molar-refractivity contribution in [2.45, 2.75) is 26.8 Å². The van der Waals surface area contributed by atoms with Gasteiger partial charge in [0.25, 0.3) is 5.91 Å². The van der Waals surface area contributed by atoms with Crippen molar-refractivity contribution < 1.29 is 4.79 Å². The smallest absolute Gasteiger partial charge is 0.293 e. The molecule has 3 aliphatic rings. The van der Waals surface area contributed by atoms with Crippen molar-refractivity contribution in [3.63, 3.8) is 0 Å². The van der Waals surface area contributed by atoms with Gasteiger partial charge in [-0.1, -0.05) is 96.4 Å². The van der Waals surface area contributed by atoms with Gasteiger partial charge >= 0.3 is 0 Å². The summed E-state index contributed by atoms with van der Waals surface area (Å²) in [5, 5.41) is 10.4. The fourth-order valence-corrected chi connectivity index (χ4v) is 6.28. The molecule has 4 aromatic rings. The van der Waals surface area contributed by atoms with E-state index in [1.807, 2.05) is 59.5 Å². The molecule has 1 unspecified atom stereocenters. The predicted octanol–water partition coefficient (Wildman–Crippen LogP) is 7.82. The number of carbonyl (C=O) groups is 1. The molecule has 4 aromatic carbocycles. The molecule has 46 heavy (non-hydrogen) atoms. The van der Waals surface area contributed by atoms with Crippen molar-refractivity contribution in [2.75, 3.05) is 30.0 Å². The first-order chi connectivity index (χ1) is 22.4. The highest BCUT2D eigenvalue weighted by molar-refractivity contribution is 6.47. The third kappa shape index (κ3) is 5.75. The van der Waals surface area contributed by atoms with Crippen molar-refractivity contribution in [3.05, 3.63) is 147 Å². The molecule has 1 atom stereocenters. The lowest BCUT2D eigenvalue weighted by Gasteiger charge is -2.42. The molecule has 0 saturated heterocycles. The van der Waals surface area contributed by atoms with E-state index in [0.29, 0.717) is 16.7 Å². The summed E-state index contributed by atoms with van der Waals surface area (Å²) >= 11 is 6.29. The monoisotopic (exact) mass is 626 g/mol. The van der Waals surface area contributed by atoms with Crippen molar-refractivity contribution in [1.29, 1.82) is 0 Å². The molecule has 0 fully saturated rings. The number of benzene rings is 4. The maximum absolute atomic E-state index is 14.1. The Kier molecular flexibility index (Phi) is 8.03. The van der Waals surface area contributed by atoms with E-state index in [4.69, 9.17) is 21.7 Å². The number of amides is 1. The van der Waals surface area contributed by atoms with Crippen molar-refractivity contribution in [1.82, 2.24) is 9.80 Å². The molecule has 0 saturated carbocycles. The van der Waals surface area contributed by atoms with Crippen LogP contribution in [0.25, 0.3) is 6.08 Å². The minimum atomic E-state index is -0.310. The Morgan fingerprint density at radius 3 is 2.24 bits per heavy atom. The van der Waals surface area contributed by atoms with Crippen LogP contribution in [0.3, 0.4) is 0 Å². The van der Waals surface area contributed by atoms with Crippen molar-refractivity contribution >= 4 is 46.8 Å². The highest BCUT2D eigenvalue weighted by atomic mass is 35.5. The van der Waals surface area contributed by atoms with E-state index in [2.05, 4.69) is 85.6 Å². The Balaban J connectivity index is 1.43. The van der Waals surface area contributed by atoms with Crippen LogP contribution in [0.1, 0.15) is 35.2 Å². The number of guanidine groups is 1. The molecule has 7 rings (SSSR count). The SMILES string of the molecule is CCN1CC2=C(N=C3N(c4ccc(Cl)cc4)N=C(C(=O)Nc4ccccc4)N3C2c2ccc(C)cc2)/C(=C/c2ccc(C)cc2)C1. The third-order valence-electron chi connectivity index (χ3n) is 8.59. The van der Waals surface area contributed by atoms with E-state index in [1.54, 1.807) is 5.01 Å². The summed E-state index contributed by atoms with van der Waals surface area (Å²) in [7, 11) is 0. The van der Waals surface area contributed by atoms with Crippen LogP contribution < -0.4 is 10.3 Å². The van der Waals surface area contributed by atoms with Crippen LogP contribution in [-0.4, -0.2) is 47.1 Å². The number of likely N-dealkylation sites (N-methyl/N-ethyl adjacent to an activating group) is 1. The third-order valence-corrected chi connectivity index (χ3v) is 8.84. The van der Waals surface area contributed by atoms with Gasteiger partial charge in [-0.2, -0.15) is 5.01 Å². The molecule has 230 valence electrons. The number of aliphatic imine (C=N–C) groups is 1. The Morgan fingerprint density at radius 2 is 1.57 bits per heavy atom. The molecule has 0 aromatic heterocycles. The topological polar surface area (TPSA) is 63.5 Å². The molecule has 0 bridgehead atoms. The van der Waals surface area contributed by atoms with Gasteiger partial charge in [-0.05, 0) is 85.1 Å². The standard InChI is InChI=1S/C38H35ClN6O/c1-4-43-23-29(22-27-14-10-25(2)11-15-27)34-33(24-43)35(28-16-12-26(3)13-17-28)44-36(37(46)40-31-8-6-5-7-9-31)42-45(38(44)41-34)32-20-18-30(39)19-21-32/h5-22,35H,4,23-24H2,1-3H3,(H,40,46)/b29-22+. The van der Waals surface area contributed by atoms with E-state index in [0.717, 1.165) is 53.3 Å². The number of amidine groups is 1. The molecule has 3 heterocycles. The van der Waals surface area contributed by atoms with Crippen LogP contribution in [0.4, 0.5) is 11.4 Å². The number of fused-ring (bicyclic) bond motifs is 1. The summed E-state index contributed by atoms with van der Waals surface area (Å²) in [6.07, 6.45) is 2.24. The van der Waals surface area contributed by atoms with Gasteiger partial charge in [0.1, 0.15) is 0 Å². The second kappa shape index (κ2) is 12.4. The van der Waals surface area contributed by atoms with Crippen LogP contribution in [-0.2, 0) is 4.79 Å². The number of hydrazone groups is 1. The zero-order valence-electron chi connectivity index (χ0n) is 26.1. The van der Waals surface area contributed by atoms with Crippen LogP contribution >= 0.6 is 11.6 Å². The number of para-hydroxylation sites is 1. The van der Waals surface area contributed by atoms with Gasteiger partial charge in [-0.3, -0.25) is 14.6 Å². The molecule has 3 aliphatic heterocycles. The Labute approximate surface area is 274 Å². The minimum Gasteiger partial charge on any atom is -0.319 e. The van der Waals surface area contributed by atoms with Gasteiger partial charge in [-0.25, -0.2) is 4.99 Å². The molecule has 7 nitrogen and oxygen atoms in total. The minimum absolute atomic E-state index is 0.271. The first-order valence-corrected chi connectivity index (χ1v) is 15.9. The number of hydrogen-bond acceptors (Lipinski definition) is 6. The Hall–Kier alpha value is -4.98. The van der Waals surface area contributed by atoms with Gasteiger partial charge in [0.15, 0.2) is 0 Å². The lowest BCUT2D eigenvalue weighted by atomic mass is 9.87. The van der Waals surface area contributed by atoms with E-state index < -0.39 is 0 Å². The predicted molar refractivity (Wildman–Crippen MR) is 188 cm³/mol. The van der Waals surface area contributed by atoms with Crippen LogP contribution in [0.15, 0.2) is 130 Å². The van der Waals surface area contributed by atoms with Gasteiger partial charge in [0.05, 0.1) is 17.4 Å². The van der Waals surface area contributed by atoms with E-state index >= 15 is 0 Å². The lowest BCUT2D eigenvalue weighted by molar-refractivity contribution is -0.110. The highest BCUT2D eigenvalue weighted by Crippen LogP contribution is 2.44. The highest BCUT2D eigenvalue weighted by Gasteiger charge is 2.47. The second-order valence-corrected chi connectivity index (χ2v) is 12.3. The second-order valence-electron chi connectivity index (χ2n) is 11.9. The molecule has 0 aliphatic carbocycles. The van der Waals surface area contributed by atoms with Crippen LogP contribution in [0, 0.1) is 13.8 Å². The molecule has 1 N–H and O–H groups in total. The van der Waals surface area contributed by atoms with Gasteiger partial charge in [0, 0.05) is 23.8 Å². The quantitative estimate of drug-likeness (QED) is 0.237. The molecular weight excluding hydrogens is 592 g/mol. The van der Waals surface area contributed by atoms with Gasteiger partial charge in [0.2, 0.25) is 11.8 Å². The number of rotatable bonds is 6. The zero-order chi connectivity index (χ0) is 31.8. The summed E-state index contributed by atoms with van der Waals surface area (Å²) in [5.41, 5.74) is 9.25. The summed E-state index contributed by atoms with van der Waals surface area (Å²) in [5.74, 6) is 0.534. The molecule has 0 spiro atoms. The normalized spacial score (nSPS) is 18.7. The van der Waals surface area contributed by atoms with Crippen molar-refractivity contribution in [3.8, 4) is 0 Å². The number of nitrogens with one attached hydrogen (secondary N) is 1. The average Bonchev–Trinajstić information content (AvgIpc) is 3.45. The number of halogens is 1. The van der Waals surface area contributed by atoms with Crippen molar-refractivity contribution in [2.24, 2.45) is 10.1 Å². The Morgan fingerprint density at radius 1 is 0.891 bits per heavy atom. The summed E-state index contributed by atoms with van der Waals surface area (Å²) in [6.45, 7) is 8.74. The fraction of sp³-hybridized carbons (Fsp3) is 0.184. The number of hydrogen-bond donors (Lipinski definition) is 1. The Bertz CT molecular complexity index is 1890. The van der Waals surface area contributed by atoms with E-state index in [-0.39, 0.29) is 17.8 Å². The first-order valence-electron chi connectivity index (χ1n) is 15.6. The number of carbonyl (C=O) groups excluding carboxylic acids is 1. The van der Waals surface area contributed by atoms with Gasteiger partial charge < -0.3 is 5.32 Å². The molecular formula is C38H35ClN6O. The number of nitrogens with zero attached hydrogens (tertiary/aromatic N) is 5. The van der Waals surface area contributed by atoms with E-state index in [9.17, 15) is 4.79 Å². The molecule has 8 heteroatoms. The van der Waals surface area contributed by atoms with Crippen LogP contribution in [0.2, 0.25) is 5.02 Å². The van der Waals surface area contributed by atoms with E-state index in [1.165, 1.54) is 11.1 Å². The summed E-state index contributed by atoms with van der Waals surface area (Å²) in [4.78, 5) is 23.9. The maximum Gasteiger partial charge on any atom is 0.293 e. The molecule has 1 amide bonds. The fourth-order valence-electron chi connectivity index (χ4n) is 6.15. The zero-order valence-corrected chi connectivity index (χ0v) is 26.9. The number of anilines is 2. The number of aryl methyl sites for hydroxylation is 2. The summed E-state index contributed by atoms with van der Waals surface area (Å²) < 4.78 is 0. The van der Waals surface area contributed by atoms with Crippen LogP contribution in [0.5, 0.6) is 0 Å². The lowest BCUT2D eigenvalue weighted by Crippen LogP contribution is -2.49. The molecule has 0 radical (unpaired) electrons. The first kappa shape index (κ1) is 29.7.